The Labute approximate surface area is 179 Å². The maximum absolute atomic E-state index is 15.3. The Morgan fingerprint density at radius 2 is 1.84 bits per heavy atom. The van der Waals surface area contributed by atoms with E-state index in [1.165, 1.54) is 41.3 Å². The summed E-state index contributed by atoms with van der Waals surface area (Å²) in [4.78, 5) is 29.5. The molecule has 1 aromatic carbocycles. The molecule has 1 saturated heterocycles. The number of carboxylic acid groups (broad SMARTS) is 1. The fraction of sp³-hybridized carbons (Fsp3) is 0.348. The summed E-state index contributed by atoms with van der Waals surface area (Å²) in [5.74, 6) is -1.27. The van der Waals surface area contributed by atoms with Gasteiger partial charge in [-0.3, -0.25) is 4.79 Å². The number of pyridine rings is 1. The molecule has 3 rings (SSSR count). The van der Waals surface area contributed by atoms with E-state index < -0.39 is 23.6 Å². The highest BCUT2D eigenvalue weighted by Gasteiger charge is 2.37. The highest BCUT2D eigenvalue weighted by Crippen LogP contribution is 2.37. The molecule has 0 spiro atoms. The number of benzene rings is 1. The number of hydrogen-bond acceptors (Lipinski definition) is 3. The van der Waals surface area contributed by atoms with Crippen molar-refractivity contribution in [2.24, 2.45) is 5.41 Å². The number of nitrogens with one attached hydrogen (secondary N) is 1. The number of piperidine rings is 1. The second-order valence-electron chi connectivity index (χ2n) is 8.60. The Balaban J connectivity index is 1.82. The van der Waals surface area contributed by atoms with Gasteiger partial charge in [0.05, 0.1) is 0 Å². The van der Waals surface area contributed by atoms with Crippen molar-refractivity contribution in [2.75, 3.05) is 11.9 Å². The van der Waals surface area contributed by atoms with E-state index in [-0.39, 0.29) is 47.9 Å². The van der Waals surface area contributed by atoms with Crippen LogP contribution in [0.25, 0.3) is 5.83 Å². The summed E-state index contributed by atoms with van der Waals surface area (Å²) in [5.41, 5.74) is 0.472. The smallest absolute Gasteiger partial charge is 0.407 e. The second kappa shape index (κ2) is 8.83. The lowest BCUT2D eigenvalue weighted by molar-refractivity contribution is 0.0719. The van der Waals surface area contributed by atoms with Gasteiger partial charge in [0.1, 0.15) is 23.2 Å². The number of rotatable bonds is 3. The Bertz CT molecular complexity index is 1010. The zero-order chi connectivity index (χ0) is 22.8. The van der Waals surface area contributed by atoms with E-state index >= 15 is 4.39 Å². The molecule has 164 valence electrons. The SMILES string of the molecule is CC(C)(C)C1C/C(=C(/F)c2cccc(NC(=O)c3ccc(F)cc3)n2)CCN1C(=O)O. The zero-order valence-electron chi connectivity index (χ0n) is 17.7. The van der Waals surface area contributed by atoms with E-state index in [2.05, 4.69) is 10.3 Å². The van der Waals surface area contributed by atoms with Crippen molar-refractivity contribution < 1.29 is 23.5 Å². The van der Waals surface area contributed by atoms with Crippen LogP contribution in [0.15, 0.2) is 48.0 Å². The first-order valence-corrected chi connectivity index (χ1v) is 9.97. The molecule has 0 radical (unpaired) electrons. The minimum atomic E-state index is -1.01. The number of anilines is 1. The van der Waals surface area contributed by atoms with Crippen molar-refractivity contribution in [3.8, 4) is 0 Å². The molecule has 2 heterocycles. The molecule has 0 aliphatic carbocycles. The first-order valence-electron chi connectivity index (χ1n) is 9.97. The van der Waals surface area contributed by atoms with Crippen molar-refractivity contribution in [3.63, 3.8) is 0 Å². The normalized spacial score (nSPS) is 18.5. The van der Waals surface area contributed by atoms with Crippen LogP contribution in [0.1, 0.15) is 49.7 Å². The Hall–Kier alpha value is -3.29. The quantitative estimate of drug-likeness (QED) is 0.690. The number of likely N-dealkylation sites (tertiary alicyclic amines) is 1. The minimum absolute atomic E-state index is 0.0725. The molecule has 8 heteroatoms. The molecule has 1 aromatic heterocycles. The summed E-state index contributed by atoms with van der Waals surface area (Å²) in [5, 5.41) is 12.1. The molecular formula is C23H25F2N3O3. The zero-order valence-corrected chi connectivity index (χ0v) is 17.7. The van der Waals surface area contributed by atoms with Gasteiger partial charge in [-0.2, -0.15) is 0 Å². The summed E-state index contributed by atoms with van der Waals surface area (Å²) in [7, 11) is 0. The molecule has 1 aliphatic heterocycles. The van der Waals surface area contributed by atoms with Gasteiger partial charge in [0.25, 0.3) is 5.91 Å². The lowest BCUT2D eigenvalue weighted by atomic mass is 9.79. The molecule has 2 N–H and O–H groups in total. The van der Waals surface area contributed by atoms with Gasteiger partial charge in [-0.1, -0.05) is 26.8 Å². The van der Waals surface area contributed by atoms with E-state index in [1.807, 2.05) is 20.8 Å². The number of amides is 2. The van der Waals surface area contributed by atoms with Crippen molar-refractivity contribution in [1.29, 1.82) is 0 Å². The van der Waals surface area contributed by atoms with Gasteiger partial charge in [-0.05, 0) is 60.2 Å². The number of carbonyl (C=O) groups is 2. The second-order valence-corrected chi connectivity index (χ2v) is 8.60. The summed E-state index contributed by atoms with van der Waals surface area (Å²) < 4.78 is 28.3. The third kappa shape index (κ3) is 5.25. The summed E-state index contributed by atoms with van der Waals surface area (Å²) in [6.45, 7) is 6.00. The molecule has 1 unspecified atom stereocenters. The molecule has 2 aromatic rings. The third-order valence-corrected chi connectivity index (χ3v) is 5.35. The molecule has 2 amide bonds. The predicted octanol–water partition coefficient (Wildman–Crippen LogP) is 5.34. The first kappa shape index (κ1) is 22.4. The van der Waals surface area contributed by atoms with E-state index in [0.29, 0.717) is 5.57 Å². The maximum Gasteiger partial charge on any atom is 0.407 e. The Kier molecular flexibility index (Phi) is 6.38. The average Bonchev–Trinajstić information content (AvgIpc) is 2.72. The van der Waals surface area contributed by atoms with Crippen LogP contribution >= 0.6 is 0 Å². The van der Waals surface area contributed by atoms with Gasteiger partial charge in [-0.15, -0.1) is 0 Å². The van der Waals surface area contributed by atoms with Gasteiger partial charge in [0.15, 0.2) is 0 Å². The lowest BCUT2D eigenvalue weighted by Crippen LogP contribution is -2.50. The van der Waals surface area contributed by atoms with Gasteiger partial charge in [-0.25, -0.2) is 18.6 Å². The molecule has 1 aliphatic rings. The summed E-state index contributed by atoms with van der Waals surface area (Å²) in [6.07, 6.45) is -0.461. The maximum atomic E-state index is 15.3. The Morgan fingerprint density at radius 1 is 1.16 bits per heavy atom. The number of aromatic nitrogens is 1. The third-order valence-electron chi connectivity index (χ3n) is 5.35. The average molecular weight is 429 g/mol. The van der Waals surface area contributed by atoms with E-state index in [1.54, 1.807) is 6.07 Å². The molecule has 0 saturated carbocycles. The van der Waals surface area contributed by atoms with Crippen LogP contribution in [0.4, 0.5) is 19.4 Å². The van der Waals surface area contributed by atoms with Crippen LogP contribution in [0.2, 0.25) is 0 Å². The molecule has 1 fully saturated rings. The topological polar surface area (TPSA) is 82.5 Å². The monoisotopic (exact) mass is 429 g/mol. The molecule has 0 bridgehead atoms. The highest BCUT2D eigenvalue weighted by molar-refractivity contribution is 6.03. The van der Waals surface area contributed by atoms with E-state index in [0.717, 1.165) is 0 Å². The van der Waals surface area contributed by atoms with Gasteiger partial charge < -0.3 is 15.3 Å². The minimum Gasteiger partial charge on any atom is -0.465 e. The largest absolute Gasteiger partial charge is 0.465 e. The number of nitrogens with zero attached hydrogens (tertiary/aromatic N) is 2. The van der Waals surface area contributed by atoms with Crippen LogP contribution in [-0.4, -0.2) is 39.6 Å². The van der Waals surface area contributed by atoms with Crippen LogP contribution in [0.5, 0.6) is 0 Å². The fourth-order valence-electron chi connectivity index (χ4n) is 3.66. The molecule has 6 nitrogen and oxygen atoms in total. The Morgan fingerprint density at radius 3 is 2.45 bits per heavy atom. The number of carbonyl (C=O) groups excluding carboxylic acids is 1. The number of halogens is 2. The lowest BCUT2D eigenvalue weighted by Gasteiger charge is -2.42. The predicted molar refractivity (Wildman–Crippen MR) is 114 cm³/mol. The standard InChI is InChI=1S/C23H25F2N3O3/c1-23(2,3)18-13-15(11-12-28(18)22(30)31)20(25)17-5-4-6-19(26-17)27-21(29)14-7-9-16(24)10-8-14/h4-10,18H,11-13H2,1-3H3,(H,30,31)(H,26,27,29)/b20-15+. The van der Waals surface area contributed by atoms with Gasteiger partial charge >= 0.3 is 6.09 Å². The van der Waals surface area contributed by atoms with Gasteiger partial charge in [0.2, 0.25) is 0 Å². The van der Waals surface area contributed by atoms with Crippen molar-refractivity contribution >= 4 is 23.6 Å². The molecule has 1 atom stereocenters. The molecule has 31 heavy (non-hydrogen) atoms. The van der Waals surface area contributed by atoms with Crippen molar-refractivity contribution in [2.45, 2.75) is 39.7 Å². The van der Waals surface area contributed by atoms with E-state index in [9.17, 15) is 19.1 Å². The van der Waals surface area contributed by atoms with Gasteiger partial charge in [0, 0.05) is 18.2 Å². The van der Waals surface area contributed by atoms with Crippen LogP contribution in [-0.2, 0) is 0 Å². The highest BCUT2D eigenvalue weighted by atomic mass is 19.1. The summed E-state index contributed by atoms with van der Waals surface area (Å²) >= 11 is 0. The van der Waals surface area contributed by atoms with E-state index in [4.69, 9.17) is 0 Å². The van der Waals surface area contributed by atoms with Crippen LogP contribution in [0, 0.1) is 11.2 Å². The van der Waals surface area contributed by atoms with Crippen LogP contribution in [0.3, 0.4) is 0 Å². The van der Waals surface area contributed by atoms with Crippen molar-refractivity contribution in [1.82, 2.24) is 9.88 Å². The molecular weight excluding hydrogens is 404 g/mol. The number of hydrogen-bond donors (Lipinski definition) is 2. The fourth-order valence-corrected chi connectivity index (χ4v) is 3.66. The van der Waals surface area contributed by atoms with Crippen molar-refractivity contribution in [3.05, 3.63) is 65.1 Å². The summed E-state index contributed by atoms with van der Waals surface area (Å²) in [6, 6.07) is 9.31. The first-order chi connectivity index (χ1) is 14.6. The van der Waals surface area contributed by atoms with Crippen LogP contribution < -0.4 is 5.32 Å².